The van der Waals surface area contributed by atoms with Crippen LogP contribution in [0.4, 0.5) is 10.2 Å². The molecule has 2 aromatic rings. The number of aryl methyl sites for hydroxylation is 1. The van der Waals surface area contributed by atoms with Crippen LogP contribution in [-0.2, 0) is 9.59 Å². The molecule has 0 saturated heterocycles. The third-order valence-electron chi connectivity index (χ3n) is 5.75. The van der Waals surface area contributed by atoms with Crippen molar-refractivity contribution in [2.75, 3.05) is 5.32 Å². The second-order valence-electron chi connectivity index (χ2n) is 8.27. The molecule has 0 spiro atoms. The smallest absolute Gasteiger partial charge is 0.235 e. The number of halogens is 1. The number of carbonyl (C=O) groups excluding carboxylic acids is 2. The number of carbonyl (C=O) groups is 2. The topological polar surface area (TPSA) is 71.4 Å². The summed E-state index contributed by atoms with van der Waals surface area (Å²) < 4.78 is 14.1. The SMILES string of the molecule is CC1=NC2=C(C(=O)C[C@H](C)C2)[C@@H](c2cccc(F)c2)C1C(=O)Nc1ccc(C)cn1. The van der Waals surface area contributed by atoms with Gasteiger partial charge in [0.05, 0.1) is 5.92 Å². The zero-order valence-electron chi connectivity index (χ0n) is 17.3. The summed E-state index contributed by atoms with van der Waals surface area (Å²) in [6, 6.07) is 9.74. The summed E-state index contributed by atoms with van der Waals surface area (Å²) in [5.41, 5.74) is 3.48. The molecule has 1 aromatic heterocycles. The molecule has 0 saturated carbocycles. The lowest BCUT2D eigenvalue weighted by molar-refractivity contribution is -0.119. The summed E-state index contributed by atoms with van der Waals surface area (Å²) in [6.07, 6.45) is 2.76. The van der Waals surface area contributed by atoms with Crippen LogP contribution in [0.3, 0.4) is 0 Å². The first-order valence-corrected chi connectivity index (χ1v) is 10.1. The van der Waals surface area contributed by atoms with Gasteiger partial charge in [0.25, 0.3) is 0 Å². The van der Waals surface area contributed by atoms with Gasteiger partial charge in [0.2, 0.25) is 5.91 Å². The van der Waals surface area contributed by atoms with E-state index in [1.807, 2.05) is 19.9 Å². The molecule has 0 bridgehead atoms. The Hall–Kier alpha value is -3.15. The number of aromatic nitrogens is 1. The fraction of sp³-hybridized carbons (Fsp3) is 0.333. The van der Waals surface area contributed by atoms with Gasteiger partial charge in [-0.3, -0.25) is 14.6 Å². The van der Waals surface area contributed by atoms with Crippen molar-refractivity contribution in [3.8, 4) is 0 Å². The summed E-state index contributed by atoms with van der Waals surface area (Å²) in [5, 5.41) is 2.84. The Morgan fingerprint density at radius 2 is 1.97 bits per heavy atom. The van der Waals surface area contributed by atoms with Crippen molar-refractivity contribution in [2.45, 2.75) is 39.5 Å². The lowest BCUT2D eigenvalue weighted by Crippen LogP contribution is -2.40. The Morgan fingerprint density at radius 1 is 1.17 bits per heavy atom. The van der Waals surface area contributed by atoms with Gasteiger partial charge in [0, 0.05) is 35.5 Å². The van der Waals surface area contributed by atoms with Crippen molar-refractivity contribution in [3.05, 3.63) is 70.8 Å². The van der Waals surface area contributed by atoms with E-state index in [4.69, 9.17) is 0 Å². The van der Waals surface area contributed by atoms with Gasteiger partial charge in [-0.05, 0) is 55.5 Å². The van der Waals surface area contributed by atoms with E-state index in [0.717, 1.165) is 11.3 Å². The third-order valence-corrected chi connectivity index (χ3v) is 5.75. The van der Waals surface area contributed by atoms with Crippen LogP contribution >= 0.6 is 0 Å². The van der Waals surface area contributed by atoms with E-state index in [1.165, 1.54) is 12.1 Å². The number of anilines is 1. The minimum Gasteiger partial charge on any atom is -0.310 e. The molecule has 154 valence electrons. The first-order chi connectivity index (χ1) is 14.3. The van der Waals surface area contributed by atoms with E-state index < -0.39 is 17.7 Å². The zero-order valence-corrected chi connectivity index (χ0v) is 17.3. The minimum absolute atomic E-state index is 0.0134. The van der Waals surface area contributed by atoms with Crippen molar-refractivity contribution in [1.29, 1.82) is 0 Å². The molecule has 4 rings (SSSR count). The highest BCUT2D eigenvalue weighted by atomic mass is 19.1. The summed E-state index contributed by atoms with van der Waals surface area (Å²) in [7, 11) is 0. The van der Waals surface area contributed by atoms with Crippen molar-refractivity contribution >= 4 is 23.2 Å². The number of aliphatic imine (C=N–C) groups is 1. The molecular formula is C24H24FN3O2. The highest BCUT2D eigenvalue weighted by molar-refractivity contribution is 6.13. The molecule has 0 radical (unpaired) electrons. The molecule has 3 atom stereocenters. The number of amides is 1. The second kappa shape index (κ2) is 7.94. The summed E-state index contributed by atoms with van der Waals surface area (Å²) >= 11 is 0. The Morgan fingerprint density at radius 3 is 2.67 bits per heavy atom. The second-order valence-corrected chi connectivity index (χ2v) is 8.27. The number of Topliss-reactive ketones (excluding diaryl/α,β-unsaturated/α-hetero) is 1. The first kappa shape index (κ1) is 20.1. The highest BCUT2D eigenvalue weighted by Crippen LogP contribution is 2.44. The predicted molar refractivity (Wildman–Crippen MR) is 114 cm³/mol. The normalized spacial score (nSPS) is 23.7. The van der Waals surface area contributed by atoms with Crippen LogP contribution in [0.15, 0.2) is 58.9 Å². The molecule has 1 unspecified atom stereocenters. The van der Waals surface area contributed by atoms with Crippen LogP contribution in [-0.4, -0.2) is 22.4 Å². The predicted octanol–water partition coefficient (Wildman–Crippen LogP) is 4.60. The van der Waals surface area contributed by atoms with Crippen molar-refractivity contribution in [3.63, 3.8) is 0 Å². The van der Waals surface area contributed by atoms with Crippen LogP contribution in [0.2, 0.25) is 0 Å². The van der Waals surface area contributed by atoms with E-state index in [2.05, 4.69) is 15.3 Å². The highest BCUT2D eigenvalue weighted by Gasteiger charge is 2.43. The number of nitrogens with zero attached hydrogens (tertiary/aromatic N) is 2. The largest absolute Gasteiger partial charge is 0.310 e. The molecule has 1 aliphatic carbocycles. The van der Waals surface area contributed by atoms with Gasteiger partial charge < -0.3 is 5.32 Å². The van der Waals surface area contributed by atoms with Gasteiger partial charge in [-0.25, -0.2) is 9.37 Å². The van der Waals surface area contributed by atoms with Crippen LogP contribution in [0.1, 0.15) is 43.7 Å². The molecule has 1 N–H and O–H groups in total. The number of rotatable bonds is 3. The van der Waals surface area contributed by atoms with E-state index in [1.54, 1.807) is 31.3 Å². The molecule has 1 aliphatic heterocycles. The molecule has 1 aromatic carbocycles. The minimum atomic E-state index is -0.717. The lowest BCUT2D eigenvalue weighted by atomic mass is 9.70. The maximum atomic E-state index is 14.1. The van der Waals surface area contributed by atoms with Crippen molar-refractivity contribution in [2.24, 2.45) is 16.8 Å². The fourth-order valence-electron chi connectivity index (χ4n) is 4.39. The van der Waals surface area contributed by atoms with Crippen molar-refractivity contribution in [1.82, 2.24) is 4.98 Å². The molecule has 30 heavy (non-hydrogen) atoms. The van der Waals surface area contributed by atoms with E-state index in [-0.39, 0.29) is 17.6 Å². The molecule has 6 heteroatoms. The summed E-state index contributed by atoms with van der Waals surface area (Å²) in [5.74, 6) is -1.38. The Labute approximate surface area is 175 Å². The molecule has 2 aliphatic rings. The van der Waals surface area contributed by atoms with Gasteiger partial charge >= 0.3 is 0 Å². The molecule has 5 nitrogen and oxygen atoms in total. The fourth-order valence-corrected chi connectivity index (χ4v) is 4.39. The van der Waals surface area contributed by atoms with Crippen molar-refractivity contribution < 1.29 is 14.0 Å². The number of hydrogen-bond donors (Lipinski definition) is 1. The lowest BCUT2D eigenvalue weighted by Gasteiger charge is -2.36. The van der Waals surface area contributed by atoms with Crippen LogP contribution in [0.5, 0.6) is 0 Å². The number of allylic oxidation sites excluding steroid dienone is 2. The average molecular weight is 405 g/mol. The zero-order chi connectivity index (χ0) is 21.4. The number of pyridine rings is 1. The van der Waals surface area contributed by atoms with Crippen LogP contribution in [0, 0.1) is 24.6 Å². The van der Waals surface area contributed by atoms with E-state index >= 15 is 0 Å². The van der Waals surface area contributed by atoms with Crippen LogP contribution in [0.25, 0.3) is 0 Å². The molecule has 0 fully saturated rings. The molecular weight excluding hydrogens is 381 g/mol. The van der Waals surface area contributed by atoms with Gasteiger partial charge in [0.15, 0.2) is 5.78 Å². The number of benzene rings is 1. The maximum absolute atomic E-state index is 14.1. The van der Waals surface area contributed by atoms with E-state index in [0.29, 0.717) is 35.5 Å². The van der Waals surface area contributed by atoms with E-state index in [9.17, 15) is 14.0 Å². The maximum Gasteiger partial charge on any atom is 0.235 e. The molecule has 2 heterocycles. The Bertz CT molecular complexity index is 1070. The Balaban J connectivity index is 1.78. The molecule has 1 amide bonds. The Kier molecular flexibility index (Phi) is 5.33. The first-order valence-electron chi connectivity index (χ1n) is 10.1. The number of ketones is 1. The average Bonchev–Trinajstić information content (AvgIpc) is 2.68. The monoisotopic (exact) mass is 405 g/mol. The third kappa shape index (κ3) is 3.82. The standard InChI is InChI=1S/C24H24FN3O2/c1-13-7-8-20(26-12-13)28-24(30)21-15(3)27-18-9-14(2)10-19(29)23(18)22(21)16-5-4-6-17(25)11-16/h4-8,11-12,14,21-22H,9-10H2,1-3H3,(H,26,28,30)/t14-,21?,22+/m1/s1. The van der Waals surface area contributed by atoms with Gasteiger partial charge in [-0.1, -0.05) is 25.1 Å². The number of hydrogen-bond acceptors (Lipinski definition) is 4. The van der Waals surface area contributed by atoms with Gasteiger partial charge in [-0.15, -0.1) is 0 Å². The van der Waals surface area contributed by atoms with Gasteiger partial charge in [-0.2, -0.15) is 0 Å². The van der Waals surface area contributed by atoms with Crippen LogP contribution < -0.4 is 5.32 Å². The van der Waals surface area contributed by atoms with Gasteiger partial charge in [0.1, 0.15) is 11.6 Å². The number of nitrogens with one attached hydrogen (secondary N) is 1. The summed E-state index contributed by atoms with van der Waals surface area (Å²) in [4.78, 5) is 35.2. The summed E-state index contributed by atoms with van der Waals surface area (Å²) in [6.45, 7) is 5.73. The quantitative estimate of drug-likeness (QED) is 0.812.